The Bertz CT molecular complexity index is 1780. The maximum atomic E-state index is 13.4. The molecule has 2 aromatic rings. The average Bonchev–Trinajstić information content (AvgIpc) is 3.68. The molecule has 0 bridgehead atoms. The van der Waals surface area contributed by atoms with Crippen LogP contribution in [0.4, 0.5) is 5.13 Å². The van der Waals surface area contributed by atoms with Crippen LogP contribution in [0.15, 0.2) is 28.7 Å². The number of aliphatic carboxylic acids is 1. The second-order valence-corrected chi connectivity index (χ2v) is 14.3. The van der Waals surface area contributed by atoms with Gasteiger partial charge >= 0.3 is 16.4 Å². The van der Waals surface area contributed by atoms with Crippen LogP contribution in [0.3, 0.4) is 0 Å². The predicted molar refractivity (Wildman–Crippen MR) is 170 cm³/mol. The molecule has 2 amide bonds. The van der Waals surface area contributed by atoms with E-state index in [4.69, 9.17) is 31.0 Å². The highest BCUT2D eigenvalue weighted by Crippen LogP contribution is 2.37. The van der Waals surface area contributed by atoms with Gasteiger partial charge in [-0.15, -0.1) is 15.6 Å². The third-order valence-electron chi connectivity index (χ3n) is 8.67. The lowest BCUT2D eigenvalue weighted by Gasteiger charge is -2.50. The Hall–Kier alpha value is -4.37. The van der Waals surface area contributed by atoms with Crippen LogP contribution in [-0.4, -0.2) is 93.8 Å². The number of benzene rings is 1. The number of β-lactam (4-membered cyclic amide) rings is 1. The van der Waals surface area contributed by atoms with Gasteiger partial charge in [0, 0.05) is 17.5 Å². The first-order valence-corrected chi connectivity index (χ1v) is 17.0. The number of amides is 2. The first-order valence-electron chi connectivity index (χ1n) is 14.8. The Morgan fingerprint density at radius 3 is 2.65 bits per heavy atom. The summed E-state index contributed by atoms with van der Waals surface area (Å²) < 4.78 is 41.7. The number of aromatic nitrogens is 1. The van der Waals surface area contributed by atoms with Crippen LogP contribution in [0.5, 0.6) is 5.75 Å². The topological polar surface area (TPSA) is 282 Å². The third-order valence-corrected chi connectivity index (χ3v) is 9.68. The van der Waals surface area contributed by atoms with Crippen LogP contribution in [0.1, 0.15) is 50.4 Å². The minimum absolute atomic E-state index is 0.0569. The second-order valence-electron chi connectivity index (χ2n) is 12.4. The number of carbonyl (C=O) groups excluding carboxylic acids is 2. The lowest BCUT2D eigenvalue weighted by molar-refractivity contribution is -0.218. The number of nitrogens with two attached hydrogens (primary N) is 2. The largest absolute Gasteiger partial charge is 0.485 e. The monoisotopic (exact) mass is 708 g/mol. The fourth-order valence-corrected chi connectivity index (χ4v) is 6.51. The number of anilines is 1. The number of rotatable bonds is 13. The van der Waals surface area contributed by atoms with Gasteiger partial charge in [-0.3, -0.25) is 19.6 Å². The summed E-state index contributed by atoms with van der Waals surface area (Å²) >= 11 is 0.962. The van der Waals surface area contributed by atoms with E-state index < -0.39 is 57.2 Å². The molecule has 1 aromatic carbocycles. The molecule has 5 atom stereocenters. The maximum Gasteiger partial charge on any atom is 0.418 e. The van der Waals surface area contributed by atoms with Crippen LogP contribution in [0, 0.1) is 17.2 Å². The summed E-state index contributed by atoms with van der Waals surface area (Å²) in [6, 6.07) is 3.82. The number of carboxylic acids is 1. The summed E-state index contributed by atoms with van der Waals surface area (Å²) in [4.78, 5) is 48.2. The number of amidine groups is 1. The molecule has 5 rings (SSSR count). The number of carboxylic acid groups (broad SMARTS) is 1. The van der Waals surface area contributed by atoms with Gasteiger partial charge in [-0.2, -0.15) is 13.5 Å². The molecule has 3 aliphatic rings. The zero-order valence-corrected chi connectivity index (χ0v) is 27.8. The normalized spacial score (nSPS) is 24.3. The number of hydroxylamine groups is 2. The Morgan fingerprint density at radius 2 is 2.06 bits per heavy atom. The van der Waals surface area contributed by atoms with Crippen molar-refractivity contribution >= 4 is 56.2 Å². The zero-order chi connectivity index (χ0) is 35.2. The van der Waals surface area contributed by atoms with E-state index in [2.05, 4.69) is 25.1 Å². The maximum absolute atomic E-state index is 13.4. The van der Waals surface area contributed by atoms with Gasteiger partial charge in [0.25, 0.3) is 17.4 Å². The van der Waals surface area contributed by atoms with Crippen molar-refractivity contribution in [2.45, 2.75) is 63.3 Å². The van der Waals surface area contributed by atoms with E-state index >= 15 is 0 Å². The average molecular weight is 709 g/mol. The molecule has 1 aromatic heterocycles. The van der Waals surface area contributed by atoms with E-state index in [1.54, 1.807) is 12.1 Å². The number of hydrogen-bond acceptors (Lipinski definition) is 14. The van der Waals surface area contributed by atoms with Crippen molar-refractivity contribution in [2.75, 3.05) is 18.8 Å². The van der Waals surface area contributed by atoms with Crippen LogP contribution >= 0.6 is 11.3 Å². The van der Waals surface area contributed by atoms with E-state index in [1.807, 2.05) is 6.07 Å². The van der Waals surface area contributed by atoms with E-state index in [0.29, 0.717) is 47.7 Å². The number of nitrogen functional groups attached to an aromatic ring is 1. The Balaban J connectivity index is 1.32. The number of nitrogens with zero attached hydrogens (tertiary/aromatic N) is 3. The van der Waals surface area contributed by atoms with Gasteiger partial charge in [-0.25, -0.2) is 9.78 Å². The Labute approximate surface area is 279 Å². The SMILES string of the molecule is CC1(C)[C@H](NC(=O)/C(=N\O[C@](C)(C(=O)O)[C@H]2CCc3cc(C(=N)NC[C@H]4C[C@H]4CN)ccc3O2)c2csc(N)n2)C(=O)N1OS(=O)(=O)O. The molecule has 2 aliphatic heterocycles. The number of oxime groups is 1. The van der Waals surface area contributed by atoms with Crippen molar-refractivity contribution in [3.05, 3.63) is 40.4 Å². The molecular weight excluding hydrogens is 672 g/mol. The fraction of sp³-hybridized carbons (Fsp3) is 0.500. The van der Waals surface area contributed by atoms with Crippen LogP contribution in [0.25, 0.3) is 0 Å². The molecular formula is C28H36N8O10S2. The molecule has 3 heterocycles. The highest BCUT2D eigenvalue weighted by Gasteiger charge is 2.58. The molecule has 2 fully saturated rings. The van der Waals surface area contributed by atoms with Crippen molar-refractivity contribution < 1.29 is 46.3 Å². The molecule has 48 heavy (non-hydrogen) atoms. The minimum Gasteiger partial charge on any atom is -0.485 e. The predicted octanol–water partition coefficient (Wildman–Crippen LogP) is 0.0329. The second kappa shape index (κ2) is 12.9. The smallest absolute Gasteiger partial charge is 0.418 e. The minimum atomic E-state index is -5.03. The fourth-order valence-electron chi connectivity index (χ4n) is 5.51. The number of ether oxygens (including phenoxy) is 1. The highest BCUT2D eigenvalue weighted by molar-refractivity contribution is 7.80. The number of thiazole rings is 1. The molecule has 9 N–H and O–H groups in total. The van der Waals surface area contributed by atoms with Crippen molar-refractivity contribution in [2.24, 2.45) is 22.7 Å². The van der Waals surface area contributed by atoms with Gasteiger partial charge < -0.3 is 36.8 Å². The summed E-state index contributed by atoms with van der Waals surface area (Å²) in [6.07, 6.45) is 0.558. The van der Waals surface area contributed by atoms with Gasteiger partial charge in [0.15, 0.2) is 16.9 Å². The molecule has 20 heteroatoms. The highest BCUT2D eigenvalue weighted by atomic mass is 32.3. The van der Waals surface area contributed by atoms with Crippen LogP contribution in [0.2, 0.25) is 0 Å². The van der Waals surface area contributed by atoms with Gasteiger partial charge in [0.1, 0.15) is 23.3 Å². The van der Waals surface area contributed by atoms with Crippen molar-refractivity contribution in [3.8, 4) is 5.75 Å². The van der Waals surface area contributed by atoms with E-state index in [1.165, 1.54) is 26.2 Å². The molecule has 1 aliphatic carbocycles. The lowest BCUT2D eigenvalue weighted by atomic mass is 9.84. The zero-order valence-electron chi connectivity index (χ0n) is 26.1. The van der Waals surface area contributed by atoms with Crippen LogP contribution < -0.4 is 26.8 Å². The number of fused-ring (bicyclic) bond motifs is 1. The molecule has 0 unspecified atom stereocenters. The summed E-state index contributed by atoms with van der Waals surface area (Å²) in [5.74, 6) is -1.85. The Kier molecular flexibility index (Phi) is 9.40. The number of carbonyl (C=O) groups is 3. The van der Waals surface area contributed by atoms with Gasteiger partial charge in [-0.1, -0.05) is 5.16 Å². The number of hydrogen-bond donors (Lipinski definition) is 7. The lowest BCUT2D eigenvalue weighted by Crippen LogP contribution is -2.76. The molecule has 0 spiro atoms. The number of aryl methyl sites for hydroxylation is 1. The third kappa shape index (κ3) is 7.06. The van der Waals surface area contributed by atoms with Gasteiger partial charge in [-0.05, 0) is 82.2 Å². The molecule has 0 radical (unpaired) electrons. The molecule has 18 nitrogen and oxygen atoms in total. The Morgan fingerprint density at radius 1 is 1.33 bits per heavy atom. The van der Waals surface area contributed by atoms with Crippen molar-refractivity contribution in [3.63, 3.8) is 0 Å². The summed E-state index contributed by atoms with van der Waals surface area (Å²) in [7, 11) is -5.03. The van der Waals surface area contributed by atoms with Crippen molar-refractivity contribution in [1.29, 1.82) is 5.41 Å². The number of nitrogens with one attached hydrogen (secondary N) is 3. The molecule has 260 valence electrons. The van der Waals surface area contributed by atoms with Gasteiger partial charge in [0.05, 0.1) is 5.54 Å². The summed E-state index contributed by atoms with van der Waals surface area (Å²) in [5.41, 5.74) is 8.71. The quantitative estimate of drug-likeness (QED) is 0.0476. The van der Waals surface area contributed by atoms with E-state index in [9.17, 15) is 27.9 Å². The van der Waals surface area contributed by atoms with Gasteiger partial charge in [0.2, 0.25) is 0 Å². The van der Waals surface area contributed by atoms with E-state index in [0.717, 1.165) is 23.3 Å². The molecule has 1 saturated heterocycles. The summed E-state index contributed by atoms with van der Waals surface area (Å²) in [5, 5.41) is 29.9. The van der Waals surface area contributed by atoms with Crippen molar-refractivity contribution in [1.82, 2.24) is 20.7 Å². The first-order chi connectivity index (χ1) is 22.4. The first kappa shape index (κ1) is 35.0. The van der Waals surface area contributed by atoms with Crippen LogP contribution in [-0.2, 0) is 40.3 Å². The summed E-state index contributed by atoms with van der Waals surface area (Å²) in [6.45, 7) is 5.27. The van der Waals surface area contributed by atoms with E-state index in [-0.39, 0.29) is 23.1 Å². The standard InChI is InChI=1S/C28H36N8O10S2/c1-27(2)21(24(38)36(27)46-48(41,42)43)34-23(37)20(17-12-47-26(31)33-17)35-45-28(3,25(39)40)19-7-5-13-8-14(4-6-18(13)44-19)22(30)32-11-16-9-15(16)10-29/h4,6,8,12,15-16,19,21H,5,7,9-11,29H2,1-3H3,(H2,30,32)(H2,31,33)(H,34,37)(H,39,40)(H,41,42,43)/b35-20-/t15-,16+,19+,21+,28-/m0/s1. The molecule has 1 saturated carbocycles.